The lowest BCUT2D eigenvalue weighted by molar-refractivity contribution is 1.12. The fourth-order valence-corrected chi connectivity index (χ4v) is 1.13. The maximum absolute atomic E-state index is 4.26. The van der Waals surface area contributed by atoms with E-state index in [0.29, 0.717) is 0 Å². The molecule has 0 fully saturated rings. The average Bonchev–Trinajstić information content (AvgIpc) is 2.31. The van der Waals surface area contributed by atoms with E-state index in [9.17, 15) is 0 Å². The molecule has 0 aromatic rings. The number of hydrogen-bond donors (Lipinski definition) is 0. The SMILES string of the molecule is CC1=NC2C(C)=NC=NC2=N1. The van der Waals surface area contributed by atoms with E-state index in [0.717, 1.165) is 17.4 Å². The summed E-state index contributed by atoms with van der Waals surface area (Å²) < 4.78 is 0. The van der Waals surface area contributed by atoms with Crippen molar-refractivity contribution in [2.24, 2.45) is 20.0 Å². The summed E-state index contributed by atoms with van der Waals surface area (Å²) in [5.41, 5.74) is 0.968. The summed E-state index contributed by atoms with van der Waals surface area (Å²) in [6.45, 7) is 3.81. The fourth-order valence-electron chi connectivity index (χ4n) is 1.13. The normalized spacial score (nSPS) is 27.5. The van der Waals surface area contributed by atoms with Gasteiger partial charge in [-0.25, -0.2) is 15.0 Å². The van der Waals surface area contributed by atoms with E-state index in [4.69, 9.17) is 0 Å². The predicted octanol–water partition coefficient (Wildman–Crippen LogP) is 0.688. The molecule has 1 unspecified atom stereocenters. The minimum absolute atomic E-state index is 0.000000000000000222. The molecular formula is C7H8N4. The molecule has 0 amide bonds. The van der Waals surface area contributed by atoms with E-state index in [1.165, 1.54) is 6.34 Å². The molecule has 2 rings (SSSR count). The van der Waals surface area contributed by atoms with Gasteiger partial charge >= 0.3 is 0 Å². The number of nitrogens with zero attached hydrogens (tertiary/aromatic N) is 4. The quantitative estimate of drug-likeness (QED) is 0.485. The smallest absolute Gasteiger partial charge is 0.162 e. The molecule has 0 saturated heterocycles. The lowest BCUT2D eigenvalue weighted by Gasteiger charge is -2.08. The number of fused-ring (bicyclic) bond motifs is 1. The first-order valence-electron chi connectivity index (χ1n) is 3.47. The maximum Gasteiger partial charge on any atom is 0.162 e. The van der Waals surface area contributed by atoms with E-state index < -0.39 is 0 Å². The topological polar surface area (TPSA) is 49.4 Å². The largest absolute Gasteiger partial charge is 0.253 e. The highest BCUT2D eigenvalue weighted by molar-refractivity contribution is 6.21. The molecule has 0 aromatic carbocycles. The van der Waals surface area contributed by atoms with Gasteiger partial charge in [0.15, 0.2) is 5.84 Å². The van der Waals surface area contributed by atoms with Crippen molar-refractivity contribution in [3.8, 4) is 0 Å². The molecule has 2 aliphatic rings. The second-order valence-corrected chi connectivity index (χ2v) is 2.56. The summed E-state index contributed by atoms with van der Waals surface area (Å²) in [6, 6.07) is -0.000000000000000222. The molecule has 1 atom stereocenters. The van der Waals surface area contributed by atoms with E-state index in [1.807, 2.05) is 13.8 Å². The zero-order valence-corrected chi connectivity index (χ0v) is 6.44. The molecule has 0 radical (unpaired) electrons. The Balaban J connectivity index is 2.44. The monoisotopic (exact) mass is 148 g/mol. The van der Waals surface area contributed by atoms with Crippen LogP contribution in [0.4, 0.5) is 0 Å². The minimum atomic E-state index is -0.000000000000000222. The Morgan fingerprint density at radius 2 is 2.18 bits per heavy atom. The van der Waals surface area contributed by atoms with Gasteiger partial charge in [-0.2, -0.15) is 0 Å². The molecule has 56 valence electrons. The van der Waals surface area contributed by atoms with Gasteiger partial charge in [0.05, 0.1) is 0 Å². The Morgan fingerprint density at radius 1 is 1.36 bits per heavy atom. The van der Waals surface area contributed by atoms with Crippen LogP contribution in [-0.2, 0) is 0 Å². The lowest BCUT2D eigenvalue weighted by Crippen LogP contribution is -2.25. The fraction of sp³-hybridized carbons (Fsp3) is 0.429. The van der Waals surface area contributed by atoms with Crippen LogP contribution >= 0.6 is 0 Å². The summed E-state index contributed by atoms with van der Waals surface area (Å²) in [4.78, 5) is 16.5. The number of rotatable bonds is 0. The summed E-state index contributed by atoms with van der Waals surface area (Å²) in [6.07, 6.45) is 1.53. The van der Waals surface area contributed by atoms with Crippen LogP contribution in [0.2, 0.25) is 0 Å². The van der Waals surface area contributed by atoms with Gasteiger partial charge in [-0.05, 0) is 13.8 Å². The van der Waals surface area contributed by atoms with Crippen LogP contribution in [0.15, 0.2) is 20.0 Å². The Bertz CT molecular complexity index is 308. The summed E-state index contributed by atoms with van der Waals surface area (Å²) >= 11 is 0. The van der Waals surface area contributed by atoms with Crippen molar-refractivity contribution < 1.29 is 0 Å². The molecule has 2 aliphatic heterocycles. The molecule has 4 nitrogen and oxygen atoms in total. The van der Waals surface area contributed by atoms with Gasteiger partial charge in [-0.15, -0.1) is 0 Å². The molecule has 0 bridgehead atoms. The van der Waals surface area contributed by atoms with Crippen LogP contribution in [0.25, 0.3) is 0 Å². The van der Waals surface area contributed by atoms with Crippen LogP contribution in [-0.4, -0.2) is 29.8 Å². The van der Waals surface area contributed by atoms with Crippen molar-refractivity contribution in [2.45, 2.75) is 19.9 Å². The van der Waals surface area contributed by atoms with E-state index in [2.05, 4.69) is 20.0 Å². The number of amidine groups is 2. The predicted molar refractivity (Wildman–Crippen MR) is 45.9 cm³/mol. The van der Waals surface area contributed by atoms with Crippen molar-refractivity contribution >= 4 is 23.7 Å². The highest BCUT2D eigenvalue weighted by Gasteiger charge is 2.24. The Labute approximate surface area is 64.5 Å². The first-order valence-corrected chi connectivity index (χ1v) is 3.47. The molecule has 0 saturated carbocycles. The van der Waals surface area contributed by atoms with Crippen LogP contribution in [0.5, 0.6) is 0 Å². The third kappa shape index (κ3) is 0.906. The molecule has 4 heteroatoms. The highest BCUT2D eigenvalue weighted by Crippen LogP contribution is 2.11. The molecule has 2 heterocycles. The van der Waals surface area contributed by atoms with Gasteiger partial charge in [0.2, 0.25) is 0 Å². The Kier molecular flexibility index (Phi) is 1.21. The zero-order valence-electron chi connectivity index (χ0n) is 6.44. The molecule has 0 spiro atoms. The second-order valence-electron chi connectivity index (χ2n) is 2.56. The summed E-state index contributed by atoms with van der Waals surface area (Å²) in [5.74, 6) is 1.56. The molecular weight excluding hydrogens is 140 g/mol. The van der Waals surface area contributed by atoms with Gasteiger partial charge < -0.3 is 0 Å². The van der Waals surface area contributed by atoms with Gasteiger partial charge in [0, 0.05) is 5.71 Å². The summed E-state index contributed by atoms with van der Waals surface area (Å²) in [7, 11) is 0. The van der Waals surface area contributed by atoms with Gasteiger partial charge in [0.1, 0.15) is 18.2 Å². The van der Waals surface area contributed by atoms with Crippen molar-refractivity contribution in [3.05, 3.63) is 0 Å². The molecule has 11 heavy (non-hydrogen) atoms. The zero-order chi connectivity index (χ0) is 7.84. The van der Waals surface area contributed by atoms with Gasteiger partial charge in [-0.3, -0.25) is 4.99 Å². The van der Waals surface area contributed by atoms with E-state index >= 15 is 0 Å². The molecule has 0 aliphatic carbocycles. The van der Waals surface area contributed by atoms with E-state index in [-0.39, 0.29) is 6.04 Å². The van der Waals surface area contributed by atoms with Gasteiger partial charge in [-0.1, -0.05) is 0 Å². The van der Waals surface area contributed by atoms with Crippen molar-refractivity contribution in [2.75, 3.05) is 0 Å². The Morgan fingerprint density at radius 3 is 2.91 bits per heavy atom. The number of hydrogen-bond acceptors (Lipinski definition) is 4. The summed E-state index contributed by atoms with van der Waals surface area (Å²) in [5, 5.41) is 0. The van der Waals surface area contributed by atoms with Crippen molar-refractivity contribution in [1.82, 2.24) is 0 Å². The lowest BCUT2D eigenvalue weighted by atomic mass is 10.2. The van der Waals surface area contributed by atoms with Crippen molar-refractivity contribution in [1.29, 1.82) is 0 Å². The van der Waals surface area contributed by atoms with Gasteiger partial charge in [0.25, 0.3) is 0 Å². The average molecular weight is 148 g/mol. The number of aliphatic imine (C=N–C) groups is 4. The third-order valence-electron chi connectivity index (χ3n) is 1.68. The highest BCUT2D eigenvalue weighted by atomic mass is 15.1. The van der Waals surface area contributed by atoms with Crippen LogP contribution < -0.4 is 0 Å². The molecule has 0 N–H and O–H groups in total. The van der Waals surface area contributed by atoms with Crippen LogP contribution in [0.1, 0.15) is 13.8 Å². The van der Waals surface area contributed by atoms with Crippen LogP contribution in [0, 0.1) is 0 Å². The molecule has 0 aromatic heterocycles. The first kappa shape index (κ1) is 6.39. The van der Waals surface area contributed by atoms with Crippen LogP contribution in [0.3, 0.4) is 0 Å². The maximum atomic E-state index is 4.26. The third-order valence-corrected chi connectivity index (χ3v) is 1.68. The standard InChI is InChI=1S/C7H8N4/c1-4-6-7(9-3-8-4)11-5(2)10-6/h3,6H,1-2H3. The van der Waals surface area contributed by atoms with Crippen molar-refractivity contribution in [3.63, 3.8) is 0 Å². The second kappa shape index (κ2) is 2.08. The van der Waals surface area contributed by atoms with E-state index in [1.54, 1.807) is 0 Å². The Hall–Kier alpha value is -1.32. The minimum Gasteiger partial charge on any atom is -0.253 e. The first-order chi connectivity index (χ1) is 5.27.